The third kappa shape index (κ3) is 4.42. The van der Waals surface area contributed by atoms with Crippen LogP contribution in [0.1, 0.15) is 23.2 Å². The van der Waals surface area contributed by atoms with E-state index in [1.54, 1.807) is 0 Å². The topological polar surface area (TPSA) is 46.3 Å². The van der Waals surface area contributed by atoms with Crippen molar-refractivity contribution in [2.75, 3.05) is 13.1 Å². The van der Waals surface area contributed by atoms with Crippen LogP contribution in [0.2, 0.25) is 0 Å². The van der Waals surface area contributed by atoms with E-state index in [1.807, 2.05) is 0 Å². The summed E-state index contributed by atoms with van der Waals surface area (Å²) in [5.74, 6) is -1.59. The zero-order chi connectivity index (χ0) is 15.6. The zero-order valence-corrected chi connectivity index (χ0v) is 11.2. The quantitative estimate of drug-likeness (QED) is 0.854. The Morgan fingerprint density at radius 3 is 2.43 bits per heavy atom. The lowest BCUT2D eigenvalue weighted by Gasteiger charge is -2.36. The van der Waals surface area contributed by atoms with E-state index < -0.39 is 36.3 Å². The molecule has 0 saturated carbocycles. The lowest BCUT2D eigenvalue weighted by Crippen LogP contribution is -2.50. The Morgan fingerprint density at radius 1 is 1.24 bits per heavy atom. The second-order valence-electron chi connectivity index (χ2n) is 5.40. The summed E-state index contributed by atoms with van der Waals surface area (Å²) in [4.78, 5) is 13.6. The molecule has 1 heterocycles. The van der Waals surface area contributed by atoms with Crippen LogP contribution in [0.15, 0.2) is 24.3 Å². The second-order valence-corrected chi connectivity index (χ2v) is 5.40. The van der Waals surface area contributed by atoms with E-state index in [9.17, 15) is 22.4 Å². The van der Waals surface area contributed by atoms with Gasteiger partial charge in [0.15, 0.2) is 0 Å². The minimum Gasteiger partial charge on any atom is -0.337 e. The first-order valence-electron chi connectivity index (χ1n) is 6.62. The molecule has 3 nitrogen and oxygen atoms in total. The van der Waals surface area contributed by atoms with Crippen molar-refractivity contribution in [1.82, 2.24) is 4.90 Å². The van der Waals surface area contributed by atoms with Crippen molar-refractivity contribution in [3.63, 3.8) is 0 Å². The van der Waals surface area contributed by atoms with Gasteiger partial charge >= 0.3 is 6.18 Å². The summed E-state index contributed by atoms with van der Waals surface area (Å²) in [5, 5.41) is 0. The van der Waals surface area contributed by atoms with Crippen LogP contribution in [0.4, 0.5) is 17.6 Å². The molecule has 1 aromatic carbocycles. The summed E-state index contributed by atoms with van der Waals surface area (Å²) in [5.41, 5.74) is 6.00. The highest BCUT2D eigenvalue weighted by Crippen LogP contribution is 2.30. The molecular formula is C14H16F4N2O. The molecule has 21 heavy (non-hydrogen) atoms. The van der Waals surface area contributed by atoms with E-state index in [2.05, 4.69) is 0 Å². The minimum atomic E-state index is -4.27. The molecule has 2 unspecified atom stereocenters. The molecule has 1 fully saturated rings. The Balaban J connectivity index is 2.08. The van der Waals surface area contributed by atoms with E-state index >= 15 is 0 Å². The number of likely N-dealkylation sites (tertiary alicyclic amines) is 1. The number of hydrogen-bond acceptors (Lipinski definition) is 2. The first-order chi connectivity index (χ1) is 9.74. The molecule has 0 aromatic heterocycles. The molecule has 1 aliphatic heterocycles. The smallest absolute Gasteiger partial charge is 0.337 e. The second kappa shape index (κ2) is 6.01. The minimum absolute atomic E-state index is 0.0173. The predicted octanol–water partition coefficient (Wildman–Crippen LogP) is 2.57. The molecule has 116 valence electrons. The maximum atomic E-state index is 12.8. The summed E-state index contributed by atoms with van der Waals surface area (Å²) in [7, 11) is 0. The summed E-state index contributed by atoms with van der Waals surface area (Å²) < 4.78 is 50.3. The summed E-state index contributed by atoms with van der Waals surface area (Å²) >= 11 is 0. The van der Waals surface area contributed by atoms with Gasteiger partial charge in [0.2, 0.25) is 0 Å². The Kier molecular flexibility index (Phi) is 4.51. The van der Waals surface area contributed by atoms with Crippen molar-refractivity contribution in [2.24, 2.45) is 11.7 Å². The number of piperidine rings is 1. The molecule has 0 bridgehead atoms. The fourth-order valence-corrected chi connectivity index (χ4v) is 2.66. The van der Waals surface area contributed by atoms with E-state index in [0.29, 0.717) is 0 Å². The molecule has 2 rings (SSSR count). The van der Waals surface area contributed by atoms with Crippen LogP contribution in [0, 0.1) is 11.7 Å². The Hall–Kier alpha value is -1.63. The molecule has 1 aliphatic rings. The van der Waals surface area contributed by atoms with Crippen LogP contribution in [-0.4, -0.2) is 36.1 Å². The van der Waals surface area contributed by atoms with Crippen LogP contribution in [0.5, 0.6) is 0 Å². The molecular weight excluding hydrogens is 288 g/mol. The average molecular weight is 304 g/mol. The number of carbonyl (C=O) groups is 1. The lowest BCUT2D eigenvalue weighted by molar-refractivity contribution is -0.147. The van der Waals surface area contributed by atoms with Gasteiger partial charge in [0.25, 0.3) is 5.91 Å². The number of amides is 1. The van der Waals surface area contributed by atoms with Gasteiger partial charge in [-0.2, -0.15) is 13.2 Å². The van der Waals surface area contributed by atoms with Crippen molar-refractivity contribution >= 4 is 5.91 Å². The van der Waals surface area contributed by atoms with Gasteiger partial charge in [-0.1, -0.05) is 0 Å². The third-order valence-electron chi connectivity index (χ3n) is 3.47. The van der Waals surface area contributed by atoms with Crippen molar-refractivity contribution in [2.45, 2.75) is 25.1 Å². The van der Waals surface area contributed by atoms with Gasteiger partial charge in [-0.15, -0.1) is 0 Å². The number of rotatable bonds is 2. The molecule has 2 atom stereocenters. The first-order valence-corrected chi connectivity index (χ1v) is 6.62. The maximum Gasteiger partial charge on any atom is 0.389 e. The van der Waals surface area contributed by atoms with Gasteiger partial charge in [-0.3, -0.25) is 4.79 Å². The molecule has 0 aliphatic carbocycles. The standard InChI is InChI=1S/C14H16F4N2O/c15-11-3-1-10(2-4-11)13(21)20-7-9(5-12(19)8-20)6-14(16,17)18/h1-4,9,12H,5-8,19H2. The SMILES string of the molecule is NC1CC(CC(F)(F)F)CN(C(=O)c2ccc(F)cc2)C1. The van der Waals surface area contributed by atoms with Gasteiger partial charge in [-0.25, -0.2) is 4.39 Å². The van der Waals surface area contributed by atoms with Crippen molar-refractivity contribution in [1.29, 1.82) is 0 Å². The molecule has 0 radical (unpaired) electrons. The summed E-state index contributed by atoms with van der Waals surface area (Å²) in [6, 6.07) is 4.44. The van der Waals surface area contributed by atoms with Crippen molar-refractivity contribution < 1.29 is 22.4 Å². The maximum absolute atomic E-state index is 12.8. The van der Waals surface area contributed by atoms with Gasteiger partial charge in [0, 0.05) is 31.1 Å². The molecule has 2 N–H and O–H groups in total. The predicted molar refractivity (Wildman–Crippen MR) is 69.1 cm³/mol. The van der Waals surface area contributed by atoms with Gasteiger partial charge < -0.3 is 10.6 Å². The average Bonchev–Trinajstić information content (AvgIpc) is 2.36. The highest BCUT2D eigenvalue weighted by atomic mass is 19.4. The fraction of sp³-hybridized carbons (Fsp3) is 0.500. The Bertz CT molecular complexity index is 501. The number of hydrogen-bond donors (Lipinski definition) is 1. The number of benzene rings is 1. The van der Waals surface area contributed by atoms with E-state index in [-0.39, 0.29) is 25.1 Å². The first kappa shape index (κ1) is 15.8. The molecule has 0 spiro atoms. The summed E-state index contributed by atoms with van der Waals surface area (Å²) in [6.45, 7) is 0.230. The number of carbonyl (C=O) groups excluding carboxylic acids is 1. The van der Waals surface area contributed by atoms with Crippen LogP contribution >= 0.6 is 0 Å². The highest BCUT2D eigenvalue weighted by Gasteiger charge is 2.37. The normalized spacial score (nSPS) is 23.2. The number of alkyl halides is 3. The van der Waals surface area contributed by atoms with Crippen molar-refractivity contribution in [3.05, 3.63) is 35.6 Å². The van der Waals surface area contributed by atoms with E-state index in [0.717, 1.165) is 12.1 Å². The van der Waals surface area contributed by atoms with Crippen LogP contribution in [0.3, 0.4) is 0 Å². The number of nitrogens with zero attached hydrogens (tertiary/aromatic N) is 1. The Labute approximate surface area is 119 Å². The van der Waals surface area contributed by atoms with E-state index in [1.165, 1.54) is 17.0 Å². The van der Waals surface area contributed by atoms with Crippen LogP contribution in [-0.2, 0) is 0 Å². The fourth-order valence-electron chi connectivity index (χ4n) is 2.66. The third-order valence-corrected chi connectivity index (χ3v) is 3.47. The van der Waals surface area contributed by atoms with E-state index in [4.69, 9.17) is 5.73 Å². The molecule has 1 saturated heterocycles. The zero-order valence-electron chi connectivity index (χ0n) is 11.2. The molecule has 1 aromatic rings. The number of nitrogens with two attached hydrogens (primary N) is 1. The van der Waals surface area contributed by atoms with Gasteiger partial charge in [-0.05, 0) is 36.6 Å². The number of halogens is 4. The van der Waals surface area contributed by atoms with Crippen LogP contribution < -0.4 is 5.73 Å². The van der Waals surface area contributed by atoms with Crippen molar-refractivity contribution in [3.8, 4) is 0 Å². The Morgan fingerprint density at radius 2 is 1.86 bits per heavy atom. The van der Waals surface area contributed by atoms with Gasteiger partial charge in [0.1, 0.15) is 5.82 Å². The molecule has 1 amide bonds. The monoisotopic (exact) mass is 304 g/mol. The largest absolute Gasteiger partial charge is 0.389 e. The molecule has 7 heteroatoms. The highest BCUT2D eigenvalue weighted by molar-refractivity contribution is 5.94. The summed E-state index contributed by atoms with van der Waals surface area (Å²) in [6.07, 6.45) is -4.98. The van der Waals surface area contributed by atoms with Gasteiger partial charge in [0.05, 0.1) is 0 Å². The lowest BCUT2D eigenvalue weighted by atomic mass is 9.91. The van der Waals surface area contributed by atoms with Crippen LogP contribution in [0.25, 0.3) is 0 Å².